The molecule has 0 amide bonds. The predicted octanol–water partition coefficient (Wildman–Crippen LogP) is 0.465. The zero-order chi connectivity index (χ0) is 17.7. The van der Waals surface area contributed by atoms with E-state index in [4.69, 9.17) is 17.0 Å². The smallest absolute Gasteiger partial charge is 0.189 e. The maximum atomic E-state index is 9.98. The summed E-state index contributed by atoms with van der Waals surface area (Å²) in [5, 5.41) is 36.5. The third-order valence-electron chi connectivity index (χ3n) is 3.62. The van der Waals surface area contributed by atoms with Crippen molar-refractivity contribution in [3.8, 4) is 0 Å². The fourth-order valence-electron chi connectivity index (χ4n) is 2.32. The third-order valence-corrected chi connectivity index (χ3v) is 4.32. The SMILES string of the molecule is CC[C@H]1O[C@@H](NC(=S)N/N=C/c2cccc(Br)c2)[C@H](O)[C@@H](O)[C@@H]1O. The highest BCUT2D eigenvalue weighted by Gasteiger charge is 2.43. The number of rotatable bonds is 4. The molecule has 5 atom stereocenters. The average molecular weight is 418 g/mol. The van der Waals surface area contributed by atoms with Crippen molar-refractivity contribution in [1.29, 1.82) is 0 Å². The first-order valence-corrected chi connectivity index (χ1v) is 8.67. The van der Waals surface area contributed by atoms with E-state index in [-0.39, 0.29) is 5.11 Å². The van der Waals surface area contributed by atoms with Gasteiger partial charge < -0.3 is 25.4 Å². The van der Waals surface area contributed by atoms with Crippen molar-refractivity contribution in [2.24, 2.45) is 5.10 Å². The Bertz CT molecular complexity index is 602. The molecule has 0 aliphatic carbocycles. The van der Waals surface area contributed by atoms with Crippen molar-refractivity contribution in [2.45, 2.75) is 44.0 Å². The molecule has 9 heteroatoms. The summed E-state index contributed by atoms with van der Waals surface area (Å²) in [5.41, 5.74) is 3.49. The van der Waals surface area contributed by atoms with Crippen LogP contribution in [0.2, 0.25) is 0 Å². The number of nitrogens with one attached hydrogen (secondary N) is 2. The Balaban J connectivity index is 1.89. The van der Waals surface area contributed by atoms with Gasteiger partial charge in [0.05, 0.1) is 12.3 Å². The number of nitrogens with zero attached hydrogens (tertiary/aromatic N) is 1. The van der Waals surface area contributed by atoms with Crippen LogP contribution in [0.1, 0.15) is 18.9 Å². The second kappa shape index (κ2) is 8.84. The molecule has 1 aliphatic rings. The minimum Gasteiger partial charge on any atom is -0.388 e. The average Bonchev–Trinajstić information content (AvgIpc) is 2.55. The van der Waals surface area contributed by atoms with Gasteiger partial charge in [-0.3, -0.25) is 5.43 Å². The van der Waals surface area contributed by atoms with E-state index >= 15 is 0 Å². The summed E-state index contributed by atoms with van der Waals surface area (Å²) in [6.07, 6.45) is -3.21. The summed E-state index contributed by atoms with van der Waals surface area (Å²) in [6, 6.07) is 7.55. The Morgan fingerprint density at radius 3 is 2.75 bits per heavy atom. The molecule has 2 rings (SSSR count). The molecule has 0 saturated carbocycles. The molecule has 1 aliphatic heterocycles. The molecule has 7 nitrogen and oxygen atoms in total. The summed E-state index contributed by atoms with van der Waals surface area (Å²) in [6.45, 7) is 1.81. The Morgan fingerprint density at radius 2 is 2.08 bits per heavy atom. The van der Waals surface area contributed by atoms with Gasteiger partial charge in [-0.2, -0.15) is 5.10 Å². The fourth-order valence-corrected chi connectivity index (χ4v) is 2.91. The van der Waals surface area contributed by atoms with Crippen LogP contribution < -0.4 is 10.7 Å². The van der Waals surface area contributed by atoms with E-state index in [0.29, 0.717) is 6.42 Å². The zero-order valence-corrected chi connectivity index (χ0v) is 15.4. The van der Waals surface area contributed by atoms with Gasteiger partial charge in [-0.1, -0.05) is 35.0 Å². The molecule has 0 radical (unpaired) electrons. The number of halogens is 1. The number of benzene rings is 1. The van der Waals surface area contributed by atoms with Crippen LogP contribution in [0, 0.1) is 0 Å². The van der Waals surface area contributed by atoms with E-state index in [1.165, 1.54) is 0 Å². The van der Waals surface area contributed by atoms with Crippen LogP contribution in [-0.4, -0.2) is 57.3 Å². The molecule has 1 aromatic rings. The molecule has 1 aromatic carbocycles. The highest BCUT2D eigenvalue weighted by molar-refractivity contribution is 9.10. The Kier molecular flexibility index (Phi) is 7.08. The number of aliphatic hydroxyl groups excluding tert-OH is 3. The van der Waals surface area contributed by atoms with Crippen LogP contribution in [0.4, 0.5) is 0 Å². The Labute approximate surface area is 153 Å². The van der Waals surface area contributed by atoms with E-state index in [0.717, 1.165) is 10.0 Å². The van der Waals surface area contributed by atoms with Gasteiger partial charge >= 0.3 is 0 Å². The standard InChI is InChI=1S/C15H20BrN3O4S/c1-2-10-11(20)12(21)13(22)14(23-10)18-15(24)19-17-7-8-4-3-5-9(16)6-8/h3-7,10-14,20-22H,2H2,1H3,(H2,18,19,24)/b17-7+/t10-,11-,12+,13-,14-/m1/s1. The van der Waals surface area contributed by atoms with E-state index in [9.17, 15) is 15.3 Å². The summed E-state index contributed by atoms with van der Waals surface area (Å²) < 4.78 is 6.46. The first-order valence-electron chi connectivity index (χ1n) is 7.47. The molecule has 132 valence electrons. The molecular weight excluding hydrogens is 398 g/mol. The van der Waals surface area contributed by atoms with Crippen molar-refractivity contribution in [2.75, 3.05) is 0 Å². The van der Waals surface area contributed by atoms with Crippen molar-refractivity contribution >= 4 is 39.5 Å². The highest BCUT2D eigenvalue weighted by Crippen LogP contribution is 2.21. The van der Waals surface area contributed by atoms with Crippen molar-refractivity contribution in [1.82, 2.24) is 10.7 Å². The molecular formula is C15H20BrN3O4S. The second-order valence-corrected chi connectivity index (χ2v) is 6.70. The lowest BCUT2D eigenvalue weighted by molar-refractivity contribution is -0.225. The Morgan fingerprint density at radius 1 is 1.33 bits per heavy atom. The fraction of sp³-hybridized carbons (Fsp3) is 0.467. The van der Waals surface area contributed by atoms with E-state index in [2.05, 4.69) is 31.8 Å². The van der Waals surface area contributed by atoms with Gasteiger partial charge in [0.15, 0.2) is 11.3 Å². The number of aliphatic hydroxyl groups is 3. The van der Waals surface area contributed by atoms with Gasteiger partial charge in [0, 0.05) is 4.47 Å². The molecule has 5 N–H and O–H groups in total. The number of hydrogen-bond donors (Lipinski definition) is 5. The first kappa shape index (κ1) is 19.2. The van der Waals surface area contributed by atoms with Gasteiger partial charge in [0.1, 0.15) is 18.3 Å². The van der Waals surface area contributed by atoms with Crippen LogP contribution in [0.3, 0.4) is 0 Å². The van der Waals surface area contributed by atoms with Crippen LogP contribution in [0.15, 0.2) is 33.8 Å². The topological polar surface area (TPSA) is 106 Å². The maximum Gasteiger partial charge on any atom is 0.189 e. The van der Waals surface area contributed by atoms with E-state index < -0.39 is 30.6 Å². The minimum atomic E-state index is -1.31. The first-order chi connectivity index (χ1) is 11.4. The van der Waals surface area contributed by atoms with E-state index in [1.54, 1.807) is 6.21 Å². The van der Waals surface area contributed by atoms with Crippen molar-refractivity contribution in [3.63, 3.8) is 0 Å². The molecule has 0 spiro atoms. The lowest BCUT2D eigenvalue weighted by Gasteiger charge is -2.40. The molecule has 1 fully saturated rings. The number of hydrogen-bond acceptors (Lipinski definition) is 6. The van der Waals surface area contributed by atoms with Crippen LogP contribution in [-0.2, 0) is 4.74 Å². The normalized spacial score (nSPS) is 30.3. The van der Waals surface area contributed by atoms with Gasteiger partial charge in [-0.25, -0.2) is 0 Å². The lowest BCUT2D eigenvalue weighted by atomic mass is 9.96. The third kappa shape index (κ3) is 4.95. The summed E-state index contributed by atoms with van der Waals surface area (Å²) in [5.74, 6) is 0. The van der Waals surface area contributed by atoms with Crippen molar-refractivity contribution < 1.29 is 20.1 Å². The molecule has 0 aromatic heterocycles. The maximum absolute atomic E-state index is 9.98. The van der Waals surface area contributed by atoms with Crippen molar-refractivity contribution in [3.05, 3.63) is 34.3 Å². The second-order valence-electron chi connectivity index (χ2n) is 5.37. The lowest BCUT2D eigenvalue weighted by Crippen LogP contribution is -2.62. The summed E-state index contributed by atoms with van der Waals surface area (Å²) >= 11 is 8.46. The monoisotopic (exact) mass is 417 g/mol. The molecule has 24 heavy (non-hydrogen) atoms. The van der Waals surface area contributed by atoms with Crippen LogP contribution in [0.5, 0.6) is 0 Å². The van der Waals surface area contributed by atoms with Gasteiger partial charge in [0.25, 0.3) is 0 Å². The number of thiocarbonyl (C=S) groups is 1. The molecule has 0 unspecified atom stereocenters. The number of hydrazone groups is 1. The predicted molar refractivity (Wildman–Crippen MR) is 97.6 cm³/mol. The molecule has 1 heterocycles. The minimum absolute atomic E-state index is 0.128. The quantitative estimate of drug-likeness (QED) is 0.275. The number of ether oxygens (including phenoxy) is 1. The van der Waals surface area contributed by atoms with Crippen LogP contribution in [0.25, 0.3) is 0 Å². The zero-order valence-electron chi connectivity index (χ0n) is 13.0. The summed E-state index contributed by atoms with van der Waals surface area (Å²) in [4.78, 5) is 0. The largest absolute Gasteiger partial charge is 0.388 e. The highest BCUT2D eigenvalue weighted by atomic mass is 79.9. The Hall–Kier alpha value is -1.10. The van der Waals surface area contributed by atoms with Gasteiger partial charge in [-0.05, 0) is 36.3 Å². The molecule has 0 bridgehead atoms. The molecule has 1 saturated heterocycles. The van der Waals surface area contributed by atoms with E-state index in [1.807, 2.05) is 31.2 Å². The van der Waals surface area contributed by atoms with Gasteiger partial charge in [-0.15, -0.1) is 0 Å². The van der Waals surface area contributed by atoms with Crippen LogP contribution >= 0.6 is 28.1 Å². The van der Waals surface area contributed by atoms with Gasteiger partial charge in [0.2, 0.25) is 0 Å². The summed E-state index contributed by atoms with van der Waals surface area (Å²) in [7, 11) is 0.